The van der Waals surface area contributed by atoms with Gasteiger partial charge in [-0.15, -0.1) is 0 Å². The molecule has 0 spiro atoms. The fourth-order valence-electron chi connectivity index (χ4n) is 2.53. The summed E-state index contributed by atoms with van der Waals surface area (Å²) in [5.41, 5.74) is -0.875. The van der Waals surface area contributed by atoms with E-state index in [0.29, 0.717) is 45.0 Å². The number of hydrogen-bond donors (Lipinski definition) is 0. The first-order valence-corrected chi connectivity index (χ1v) is 8.43. The number of anilines is 1. The van der Waals surface area contributed by atoms with E-state index in [0.717, 1.165) is 12.3 Å². The van der Waals surface area contributed by atoms with Crippen LogP contribution in [-0.4, -0.2) is 54.7 Å². The minimum absolute atomic E-state index is 0.00627. The van der Waals surface area contributed by atoms with Crippen molar-refractivity contribution in [1.82, 2.24) is 9.88 Å². The van der Waals surface area contributed by atoms with Gasteiger partial charge in [-0.1, -0.05) is 11.6 Å². The van der Waals surface area contributed by atoms with Crippen molar-refractivity contribution in [2.24, 2.45) is 0 Å². The Morgan fingerprint density at radius 3 is 2.48 bits per heavy atom. The monoisotopic (exact) mass is 379 g/mol. The molecule has 0 saturated carbocycles. The molecule has 1 amide bonds. The first kappa shape index (κ1) is 19.8. The van der Waals surface area contributed by atoms with E-state index < -0.39 is 11.7 Å². The molecule has 5 nitrogen and oxygen atoms in total. The smallest absolute Gasteiger partial charge is 0.378 e. The summed E-state index contributed by atoms with van der Waals surface area (Å²) in [6.07, 6.45) is -3.30. The Labute approximate surface area is 149 Å². The van der Waals surface area contributed by atoms with Crippen LogP contribution in [0.4, 0.5) is 19.0 Å². The van der Waals surface area contributed by atoms with E-state index in [1.165, 1.54) is 0 Å². The summed E-state index contributed by atoms with van der Waals surface area (Å²) in [5.74, 6) is 0.316. The van der Waals surface area contributed by atoms with Gasteiger partial charge in [0.15, 0.2) is 0 Å². The zero-order valence-corrected chi connectivity index (χ0v) is 14.9. The number of aromatic nitrogens is 1. The normalized spacial score (nSPS) is 15.8. The van der Waals surface area contributed by atoms with Crippen molar-refractivity contribution in [3.8, 4) is 0 Å². The highest BCUT2D eigenvalue weighted by Gasteiger charge is 2.32. The molecular weight excluding hydrogens is 359 g/mol. The predicted molar refractivity (Wildman–Crippen MR) is 88.7 cm³/mol. The van der Waals surface area contributed by atoms with Gasteiger partial charge in [0.25, 0.3) is 0 Å². The third-order valence-corrected chi connectivity index (χ3v) is 4.13. The lowest BCUT2D eigenvalue weighted by Crippen LogP contribution is -2.49. The summed E-state index contributed by atoms with van der Waals surface area (Å²) in [4.78, 5) is 19.5. The zero-order chi connectivity index (χ0) is 18.6. The van der Waals surface area contributed by atoms with Crippen LogP contribution in [0.2, 0.25) is 5.02 Å². The number of ether oxygens (including phenoxy) is 1. The molecule has 25 heavy (non-hydrogen) atoms. The molecule has 0 aromatic carbocycles. The molecule has 2 rings (SSSR count). The van der Waals surface area contributed by atoms with Crippen LogP contribution in [-0.2, 0) is 15.7 Å². The van der Waals surface area contributed by atoms with Crippen molar-refractivity contribution in [3.63, 3.8) is 0 Å². The van der Waals surface area contributed by atoms with Crippen molar-refractivity contribution in [3.05, 3.63) is 22.8 Å². The quantitative estimate of drug-likeness (QED) is 0.788. The summed E-state index contributed by atoms with van der Waals surface area (Å²) in [5, 5.41) is -0.0417. The molecule has 2 heterocycles. The van der Waals surface area contributed by atoms with Crippen LogP contribution in [0.3, 0.4) is 0 Å². The molecule has 1 aromatic rings. The van der Waals surface area contributed by atoms with Gasteiger partial charge in [0.1, 0.15) is 5.82 Å². The van der Waals surface area contributed by atoms with Gasteiger partial charge < -0.3 is 14.5 Å². The molecule has 9 heteroatoms. The predicted octanol–water partition coefficient (Wildman–Crippen LogP) is 3.22. The van der Waals surface area contributed by atoms with Crippen LogP contribution < -0.4 is 4.90 Å². The molecular formula is C16H21ClF3N3O2. The number of rotatable bonds is 5. The van der Waals surface area contributed by atoms with Crippen molar-refractivity contribution in [2.45, 2.75) is 32.5 Å². The van der Waals surface area contributed by atoms with Crippen molar-refractivity contribution < 1.29 is 22.7 Å². The van der Waals surface area contributed by atoms with Gasteiger partial charge in [-0.05, 0) is 19.9 Å². The lowest BCUT2D eigenvalue weighted by molar-refractivity contribution is -0.138. The number of piperazine rings is 1. The second-order valence-electron chi connectivity index (χ2n) is 6.06. The highest BCUT2D eigenvalue weighted by atomic mass is 35.5. The number of carbonyl (C=O) groups is 1. The van der Waals surface area contributed by atoms with Gasteiger partial charge in [0.05, 0.1) is 29.7 Å². The molecule has 1 aliphatic heterocycles. The lowest BCUT2D eigenvalue weighted by atomic mass is 10.2. The molecule has 0 radical (unpaired) electrons. The number of halogens is 4. The van der Waals surface area contributed by atoms with Gasteiger partial charge in [-0.3, -0.25) is 4.79 Å². The summed E-state index contributed by atoms with van der Waals surface area (Å²) < 4.78 is 43.4. The van der Waals surface area contributed by atoms with E-state index in [-0.39, 0.29) is 17.0 Å². The van der Waals surface area contributed by atoms with Crippen LogP contribution in [0.25, 0.3) is 0 Å². The van der Waals surface area contributed by atoms with E-state index in [4.69, 9.17) is 16.3 Å². The van der Waals surface area contributed by atoms with Gasteiger partial charge in [-0.2, -0.15) is 13.2 Å². The largest absolute Gasteiger partial charge is 0.417 e. The fraction of sp³-hybridized carbons (Fsp3) is 0.625. The molecule has 0 atom stereocenters. The topological polar surface area (TPSA) is 45.7 Å². The first-order chi connectivity index (χ1) is 11.7. The maximum atomic E-state index is 12.7. The maximum Gasteiger partial charge on any atom is 0.417 e. The number of hydrogen-bond acceptors (Lipinski definition) is 4. The standard InChI is InChI=1S/C16H21ClF3N3O2/c1-11(2)25-8-3-14(24)22-4-6-23(7-5-22)15-13(17)9-12(10-21-15)16(18,19)20/h9-11H,3-8H2,1-2H3. The molecule has 0 N–H and O–H groups in total. The molecule has 0 unspecified atom stereocenters. The SMILES string of the molecule is CC(C)OCCC(=O)N1CCN(c2ncc(C(F)(F)F)cc2Cl)CC1. The number of amides is 1. The van der Waals surface area contributed by atoms with Crippen molar-refractivity contribution >= 4 is 23.3 Å². The van der Waals surface area contributed by atoms with Gasteiger partial charge in [0, 0.05) is 32.4 Å². The Morgan fingerprint density at radius 1 is 1.32 bits per heavy atom. The zero-order valence-electron chi connectivity index (χ0n) is 14.1. The van der Waals surface area contributed by atoms with Gasteiger partial charge in [0.2, 0.25) is 5.91 Å². The number of nitrogens with zero attached hydrogens (tertiary/aromatic N) is 3. The molecule has 1 aliphatic rings. The molecule has 0 aliphatic carbocycles. The molecule has 1 fully saturated rings. The fourth-order valence-corrected chi connectivity index (χ4v) is 2.81. The van der Waals surface area contributed by atoms with E-state index in [9.17, 15) is 18.0 Å². The molecule has 140 valence electrons. The Hall–Kier alpha value is -1.54. The second kappa shape index (κ2) is 8.23. The molecule has 1 aromatic heterocycles. The maximum absolute atomic E-state index is 12.7. The van der Waals surface area contributed by atoms with Crippen molar-refractivity contribution in [2.75, 3.05) is 37.7 Å². The lowest BCUT2D eigenvalue weighted by Gasteiger charge is -2.36. The van der Waals surface area contributed by atoms with E-state index in [2.05, 4.69) is 4.98 Å². The molecule has 0 bridgehead atoms. The highest BCUT2D eigenvalue weighted by Crippen LogP contribution is 2.33. The summed E-state index contributed by atoms with van der Waals surface area (Å²) >= 11 is 5.96. The number of pyridine rings is 1. The summed E-state index contributed by atoms with van der Waals surface area (Å²) in [6.45, 7) is 6.07. The minimum atomic E-state index is -4.47. The molecule has 1 saturated heterocycles. The first-order valence-electron chi connectivity index (χ1n) is 8.05. The van der Waals surface area contributed by atoms with Crippen LogP contribution in [0.15, 0.2) is 12.3 Å². The Bertz CT molecular complexity index is 603. The van der Waals surface area contributed by atoms with Gasteiger partial charge in [-0.25, -0.2) is 4.98 Å². The number of carbonyl (C=O) groups excluding carboxylic acids is 1. The van der Waals surface area contributed by atoms with E-state index in [1.54, 1.807) is 9.80 Å². The van der Waals surface area contributed by atoms with Crippen LogP contribution >= 0.6 is 11.6 Å². The average Bonchev–Trinajstić information content (AvgIpc) is 2.53. The number of alkyl halides is 3. The Morgan fingerprint density at radius 2 is 1.96 bits per heavy atom. The van der Waals surface area contributed by atoms with E-state index >= 15 is 0 Å². The minimum Gasteiger partial charge on any atom is -0.378 e. The Kier molecular flexibility index (Phi) is 6.51. The summed E-state index contributed by atoms with van der Waals surface area (Å²) in [6, 6.07) is 0.880. The van der Waals surface area contributed by atoms with E-state index in [1.807, 2.05) is 13.8 Å². The second-order valence-corrected chi connectivity index (χ2v) is 6.47. The third-order valence-electron chi connectivity index (χ3n) is 3.85. The van der Waals surface area contributed by atoms with Crippen LogP contribution in [0.5, 0.6) is 0 Å². The third kappa shape index (κ3) is 5.47. The van der Waals surface area contributed by atoms with Crippen LogP contribution in [0.1, 0.15) is 25.8 Å². The summed E-state index contributed by atoms with van der Waals surface area (Å²) in [7, 11) is 0. The van der Waals surface area contributed by atoms with Crippen molar-refractivity contribution in [1.29, 1.82) is 0 Å². The Balaban J connectivity index is 1.91. The average molecular weight is 380 g/mol. The van der Waals surface area contributed by atoms with Crippen LogP contribution in [0, 0.1) is 0 Å². The van der Waals surface area contributed by atoms with Gasteiger partial charge >= 0.3 is 6.18 Å². The highest BCUT2D eigenvalue weighted by molar-refractivity contribution is 6.33.